The average Bonchev–Trinajstić information content (AvgIpc) is 2.87. The first kappa shape index (κ1) is 13.7. The molecule has 6 heteroatoms. The summed E-state index contributed by atoms with van der Waals surface area (Å²) in [5.41, 5.74) is 1.19. The largest absolute Gasteiger partial charge is 0.443 e. The first-order chi connectivity index (χ1) is 8.91. The van der Waals surface area contributed by atoms with E-state index in [-0.39, 0.29) is 5.78 Å². The van der Waals surface area contributed by atoms with Gasteiger partial charge >= 0.3 is 6.18 Å². The Balaban J connectivity index is 2.28. The highest BCUT2D eigenvalue weighted by atomic mass is 32.1. The third-order valence-corrected chi connectivity index (χ3v) is 3.65. The van der Waals surface area contributed by atoms with E-state index in [1.54, 1.807) is 31.2 Å². The van der Waals surface area contributed by atoms with Crippen LogP contribution in [0.15, 0.2) is 30.5 Å². The predicted octanol–water partition coefficient (Wildman–Crippen LogP) is 4.42. The maximum atomic E-state index is 12.4. The molecule has 0 N–H and O–H groups in total. The van der Waals surface area contributed by atoms with E-state index in [0.29, 0.717) is 33.8 Å². The highest BCUT2D eigenvalue weighted by Gasteiger charge is 2.34. The lowest BCUT2D eigenvalue weighted by atomic mass is 10.1. The smallest absolute Gasteiger partial charge is 0.294 e. The van der Waals surface area contributed by atoms with E-state index in [9.17, 15) is 18.0 Å². The summed E-state index contributed by atoms with van der Waals surface area (Å²) in [5.74, 6) is 0.00633. The summed E-state index contributed by atoms with van der Waals surface area (Å²) in [4.78, 5) is 15.2. The van der Waals surface area contributed by atoms with Crippen LogP contribution in [0.4, 0.5) is 13.2 Å². The quantitative estimate of drug-likeness (QED) is 0.781. The summed E-state index contributed by atoms with van der Waals surface area (Å²) in [7, 11) is 0. The molecule has 0 aliphatic heterocycles. The fourth-order valence-corrected chi connectivity index (χ4v) is 2.35. The first-order valence-corrected chi connectivity index (χ1v) is 6.40. The minimum atomic E-state index is -4.42. The van der Waals surface area contributed by atoms with Gasteiger partial charge in [0.05, 0.1) is 4.88 Å². The van der Waals surface area contributed by atoms with Gasteiger partial charge in [0, 0.05) is 18.2 Å². The van der Waals surface area contributed by atoms with Crippen LogP contribution in [-0.2, 0) is 6.18 Å². The van der Waals surface area contributed by atoms with Crippen LogP contribution in [0.25, 0.3) is 10.4 Å². The van der Waals surface area contributed by atoms with Crippen LogP contribution in [-0.4, -0.2) is 10.8 Å². The minimum absolute atomic E-state index is 0.00633. The third kappa shape index (κ3) is 3.01. The van der Waals surface area contributed by atoms with E-state index in [1.807, 2.05) is 0 Å². The van der Waals surface area contributed by atoms with E-state index in [4.69, 9.17) is 0 Å². The van der Waals surface area contributed by atoms with Crippen LogP contribution in [0.2, 0.25) is 0 Å². The Morgan fingerprint density at radius 2 is 1.89 bits per heavy atom. The van der Waals surface area contributed by atoms with Gasteiger partial charge in [0.1, 0.15) is 0 Å². The van der Waals surface area contributed by atoms with Gasteiger partial charge in [-0.3, -0.25) is 4.79 Å². The van der Waals surface area contributed by atoms with Crippen LogP contribution in [0, 0.1) is 0 Å². The van der Waals surface area contributed by atoms with E-state index in [2.05, 4.69) is 4.98 Å². The van der Waals surface area contributed by atoms with Crippen LogP contribution in [0.5, 0.6) is 0 Å². The van der Waals surface area contributed by atoms with Gasteiger partial charge in [-0.1, -0.05) is 31.2 Å². The average molecular weight is 285 g/mol. The minimum Gasteiger partial charge on any atom is -0.294 e. The lowest BCUT2D eigenvalue weighted by Gasteiger charge is -2.01. The maximum Gasteiger partial charge on any atom is 0.443 e. The number of Topliss-reactive ketones (excluding diaryl/α,β-unsaturated/α-hetero) is 1. The number of benzene rings is 1. The van der Waals surface area contributed by atoms with Gasteiger partial charge in [-0.25, -0.2) is 4.98 Å². The number of carbonyl (C=O) groups is 1. The molecule has 0 atom stereocenters. The molecule has 0 aliphatic rings. The van der Waals surface area contributed by atoms with Gasteiger partial charge in [0.25, 0.3) is 0 Å². The molecule has 0 unspecified atom stereocenters. The molecule has 1 heterocycles. The number of alkyl halides is 3. The summed E-state index contributed by atoms with van der Waals surface area (Å²) in [6.07, 6.45) is -2.82. The summed E-state index contributed by atoms with van der Waals surface area (Å²) in [6.45, 7) is 1.76. The maximum absolute atomic E-state index is 12.4. The topological polar surface area (TPSA) is 30.0 Å². The Morgan fingerprint density at radius 1 is 1.26 bits per heavy atom. The van der Waals surface area contributed by atoms with E-state index in [1.165, 1.54) is 6.20 Å². The number of hydrogen-bond donors (Lipinski definition) is 0. The summed E-state index contributed by atoms with van der Waals surface area (Å²) >= 11 is 0.592. The van der Waals surface area contributed by atoms with Crippen molar-refractivity contribution in [1.29, 1.82) is 0 Å². The molecule has 0 fully saturated rings. The molecule has 2 aromatic rings. The Morgan fingerprint density at radius 3 is 2.37 bits per heavy atom. The van der Waals surface area contributed by atoms with Crippen molar-refractivity contribution in [2.75, 3.05) is 0 Å². The molecule has 1 aromatic heterocycles. The van der Waals surface area contributed by atoms with Gasteiger partial charge in [-0.2, -0.15) is 13.2 Å². The standard InChI is InChI=1S/C13H10F3NOS/c1-2-10(18)8-3-5-9(6-4-8)11-7-17-12(19-11)13(14,15)16/h3-7H,2H2,1H3. The van der Waals surface area contributed by atoms with Gasteiger partial charge in [0.15, 0.2) is 10.8 Å². The van der Waals surface area contributed by atoms with Gasteiger partial charge in [0.2, 0.25) is 0 Å². The van der Waals surface area contributed by atoms with Crippen molar-refractivity contribution in [3.63, 3.8) is 0 Å². The molecule has 100 valence electrons. The van der Waals surface area contributed by atoms with Gasteiger partial charge in [-0.05, 0) is 5.56 Å². The fraction of sp³-hybridized carbons (Fsp3) is 0.231. The van der Waals surface area contributed by atoms with Crippen molar-refractivity contribution in [2.24, 2.45) is 0 Å². The molecule has 0 amide bonds. The Kier molecular flexibility index (Phi) is 3.71. The van der Waals surface area contributed by atoms with Gasteiger partial charge < -0.3 is 0 Å². The molecule has 2 nitrogen and oxygen atoms in total. The second-order valence-electron chi connectivity index (χ2n) is 3.88. The first-order valence-electron chi connectivity index (χ1n) is 5.58. The molecule has 2 rings (SSSR count). The van der Waals surface area contributed by atoms with Crippen molar-refractivity contribution in [1.82, 2.24) is 4.98 Å². The van der Waals surface area contributed by atoms with Crippen molar-refractivity contribution in [3.05, 3.63) is 41.0 Å². The molecule has 0 radical (unpaired) electrons. The molecule has 1 aromatic carbocycles. The van der Waals surface area contributed by atoms with Gasteiger partial charge in [-0.15, -0.1) is 11.3 Å². The third-order valence-electron chi connectivity index (χ3n) is 2.56. The molecular weight excluding hydrogens is 275 g/mol. The Bertz CT molecular complexity index is 587. The van der Waals surface area contributed by atoms with E-state index in [0.717, 1.165) is 0 Å². The summed E-state index contributed by atoms with van der Waals surface area (Å²) in [5, 5.41) is -0.865. The Labute approximate surface area is 111 Å². The zero-order valence-electron chi connectivity index (χ0n) is 9.99. The fourth-order valence-electron chi connectivity index (χ4n) is 1.56. The number of ketones is 1. The van der Waals surface area contributed by atoms with Crippen LogP contribution in [0.1, 0.15) is 28.7 Å². The molecular formula is C13H10F3NOS. The monoisotopic (exact) mass is 285 g/mol. The number of rotatable bonds is 3. The summed E-state index contributed by atoms with van der Waals surface area (Å²) < 4.78 is 37.3. The number of aromatic nitrogens is 1. The second-order valence-corrected chi connectivity index (χ2v) is 4.91. The lowest BCUT2D eigenvalue weighted by molar-refractivity contribution is -0.137. The highest BCUT2D eigenvalue weighted by molar-refractivity contribution is 7.15. The predicted molar refractivity (Wildman–Crippen MR) is 67.2 cm³/mol. The van der Waals surface area contributed by atoms with E-state index >= 15 is 0 Å². The Hall–Kier alpha value is -1.69. The number of thiazole rings is 1. The molecule has 0 saturated carbocycles. The van der Waals surface area contributed by atoms with Crippen molar-refractivity contribution < 1.29 is 18.0 Å². The van der Waals surface area contributed by atoms with E-state index < -0.39 is 11.2 Å². The van der Waals surface area contributed by atoms with Crippen LogP contribution < -0.4 is 0 Å². The highest BCUT2D eigenvalue weighted by Crippen LogP contribution is 2.36. The number of carbonyl (C=O) groups excluding carboxylic acids is 1. The normalized spacial score (nSPS) is 11.6. The number of hydrogen-bond acceptors (Lipinski definition) is 3. The molecule has 0 aliphatic carbocycles. The van der Waals surface area contributed by atoms with Crippen molar-refractivity contribution in [2.45, 2.75) is 19.5 Å². The zero-order valence-corrected chi connectivity index (χ0v) is 10.8. The van der Waals surface area contributed by atoms with Crippen molar-refractivity contribution >= 4 is 17.1 Å². The molecule has 19 heavy (non-hydrogen) atoms. The molecule has 0 saturated heterocycles. The molecule has 0 spiro atoms. The van der Waals surface area contributed by atoms with Crippen molar-refractivity contribution in [3.8, 4) is 10.4 Å². The summed E-state index contributed by atoms with van der Waals surface area (Å²) in [6, 6.07) is 6.51. The number of halogens is 3. The number of nitrogens with zero attached hydrogens (tertiary/aromatic N) is 1. The molecule has 0 bridgehead atoms. The lowest BCUT2D eigenvalue weighted by Crippen LogP contribution is -2.02. The zero-order chi connectivity index (χ0) is 14.0. The van der Waals surface area contributed by atoms with Crippen LogP contribution in [0.3, 0.4) is 0 Å². The second kappa shape index (κ2) is 5.13. The van der Waals surface area contributed by atoms with Crippen LogP contribution >= 0.6 is 11.3 Å². The SMILES string of the molecule is CCC(=O)c1ccc(-c2cnc(C(F)(F)F)s2)cc1.